The van der Waals surface area contributed by atoms with Crippen molar-refractivity contribution in [1.29, 1.82) is 0 Å². The number of rotatable bonds is 4. The summed E-state index contributed by atoms with van der Waals surface area (Å²) in [5.74, 6) is -3.35. The number of carbonyl (C=O) groups excluding carboxylic acids is 4. The zero-order valence-corrected chi connectivity index (χ0v) is 25.2. The molecule has 2 aromatic rings. The van der Waals surface area contributed by atoms with Crippen molar-refractivity contribution in [3.63, 3.8) is 0 Å². The van der Waals surface area contributed by atoms with E-state index in [2.05, 4.69) is 38.5 Å². The van der Waals surface area contributed by atoms with Crippen LogP contribution in [0, 0.1) is 21.3 Å². The minimum absolute atomic E-state index is 0.0879. The van der Waals surface area contributed by atoms with Gasteiger partial charge in [0.1, 0.15) is 17.2 Å². The van der Waals surface area contributed by atoms with E-state index in [4.69, 9.17) is 9.47 Å². The molecule has 4 aliphatic rings. The summed E-state index contributed by atoms with van der Waals surface area (Å²) in [5, 5.41) is 10.3. The number of allylic oxidation sites excluding steroid dienone is 6. The van der Waals surface area contributed by atoms with Gasteiger partial charge in [0.15, 0.2) is 11.6 Å². The van der Waals surface area contributed by atoms with E-state index in [0.29, 0.717) is 28.8 Å². The molecule has 0 bridgehead atoms. The standard InChI is InChI=1S/C30H23BrINO7/c1-39-22-9-15(34)10-23(40-2)27(22)26-16-7-8-17-24(18(16)11-19-25(26)21(35)12-20(31)28(19)36)30(38)33(29(17)37)14-5-3-13(32)4-6-14/h3-7,9-10,12,17-18,24,26,34H,8,11H2,1-2H3. The molecule has 10 heteroatoms. The van der Waals surface area contributed by atoms with Crippen LogP contribution < -0.4 is 14.4 Å². The van der Waals surface area contributed by atoms with Crippen molar-refractivity contribution in [2.75, 3.05) is 19.1 Å². The zero-order valence-electron chi connectivity index (χ0n) is 21.4. The summed E-state index contributed by atoms with van der Waals surface area (Å²) in [6.07, 6.45) is 3.66. The average Bonchev–Trinajstić information content (AvgIpc) is 3.20. The van der Waals surface area contributed by atoms with Gasteiger partial charge >= 0.3 is 0 Å². The lowest BCUT2D eigenvalue weighted by molar-refractivity contribution is -0.123. The Morgan fingerprint density at radius 2 is 1.62 bits per heavy atom. The van der Waals surface area contributed by atoms with Crippen LogP contribution in [0.15, 0.2) is 69.8 Å². The van der Waals surface area contributed by atoms with Gasteiger partial charge in [-0.15, -0.1) is 0 Å². The van der Waals surface area contributed by atoms with Crippen molar-refractivity contribution in [3.05, 3.63) is 78.9 Å². The van der Waals surface area contributed by atoms with Gasteiger partial charge in [-0.1, -0.05) is 11.6 Å². The molecular weight excluding hydrogens is 693 g/mol. The molecule has 0 saturated carbocycles. The van der Waals surface area contributed by atoms with E-state index >= 15 is 0 Å². The van der Waals surface area contributed by atoms with E-state index in [0.717, 1.165) is 9.14 Å². The lowest BCUT2D eigenvalue weighted by atomic mass is 9.59. The largest absolute Gasteiger partial charge is 0.508 e. The molecule has 2 aromatic carbocycles. The van der Waals surface area contributed by atoms with Crippen LogP contribution in [0.2, 0.25) is 0 Å². The third-order valence-electron chi connectivity index (χ3n) is 8.23. The summed E-state index contributed by atoms with van der Waals surface area (Å²) < 4.78 is 12.4. The van der Waals surface area contributed by atoms with Gasteiger partial charge in [0.05, 0.1) is 36.2 Å². The number of carbonyl (C=O) groups is 4. The molecule has 1 heterocycles. The van der Waals surface area contributed by atoms with Crippen LogP contribution in [0.3, 0.4) is 0 Å². The summed E-state index contributed by atoms with van der Waals surface area (Å²) in [6, 6.07) is 10.1. The maximum Gasteiger partial charge on any atom is 0.238 e. The summed E-state index contributed by atoms with van der Waals surface area (Å²) in [5.41, 5.74) is 2.35. The van der Waals surface area contributed by atoms with Crippen LogP contribution in [0.5, 0.6) is 17.2 Å². The molecule has 4 unspecified atom stereocenters. The Balaban J connectivity index is 1.54. The van der Waals surface area contributed by atoms with E-state index in [1.54, 1.807) is 12.1 Å². The van der Waals surface area contributed by atoms with E-state index in [1.165, 1.54) is 37.3 Å². The van der Waals surface area contributed by atoms with Crippen LogP contribution in [0.4, 0.5) is 5.69 Å². The first-order valence-electron chi connectivity index (χ1n) is 12.6. The number of ether oxygens (including phenoxy) is 2. The van der Waals surface area contributed by atoms with Gasteiger partial charge in [0.25, 0.3) is 0 Å². The first-order chi connectivity index (χ1) is 19.2. The molecule has 1 saturated heterocycles. The molecule has 1 fully saturated rings. The van der Waals surface area contributed by atoms with Gasteiger partial charge in [-0.05, 0) is 81.5 Å². The van der Waals surface area contributed by atoms with Crippen LogP contribution in [-0.2, 0) is 19.2 Å². The molecule has 2 amide bonds. The number of amides is 2. The molecule has 6 rings (SSSR count). The Labute approximate surface area is 252 Å². The predicted molar refractivity (Wildman–Crippen MR) is 157 cm³/mol. The SMILES string of the molecule is COc1cc(O)cc(OC)c1C1C2=CCC3C(=O)N(c4ccc(I)cc4)C(=O)C3C2CC2=C1C(=O)C=C(Br)C2=O. The van der Waals surface area contributed by atoms with Gasteiger partial charge in [-0.2, -0.15) is 0 Å². The summed E-state index contributed by atoms with van der Waals surface area (Å²) in [4.78, 5) is 55.8. The highest BCUT2D eigenvalue weighted by molar-refractivity contribution is 14.1. The number of methoxy groups -OCH3 is 2. The zero-order chi connectivity index (χ0) is 28.5. The predicted octanol–water partition coefficient (Wildman–Crippen LogP) is 4.98. The number of phenolic OH excluding ortho intramolecular Hbond substituents is 1. The number of phenols is 1. The second-order valence-corrected chi connectivity index (χ2v) is 12.2. The Kier molecular flexibility index (Phi) is 6.73. The van der Waals surface area contributed by atoms with Gasteiger partial charge in [0, 0.05) is 44.4 Å². The van der Waals surface area contributed by atoms with E-state index in [-0.39, 0.29) is 51.5 Å². The van der Waals surface area contributed by atoms with Crippen molar-refractivity contribution in [2.45, 2.75) is 18.8 Å². The number of nitrogens with zero attached hydrogens (tertiary/aromatic N) is 1. The summed E-state index contributed by atoms with van der Waals surface area (Å²) in [6.45, 7) is 0. The molecule has 0 aromatic heterocycles. The normalized spacial score (nSPS) is 25.8. The third kappa shape index (κ3) is 3.98. The van der Waals surface area contributed by atoms with Gasteiger partial charge in [-0.3, -0.25) is 24.1 Å². The fourth-order valence-electron chi connectivity index (χ4n) is 6.59. The summed E-state index contributed by atoms with van der Waals surface area (Å²) >= 11 is 5.40. The molecule has 1 aliphatic heterocycles. The number of Topliss-reactive ketones (excluding diaryl/α,β-unsaturated/α-hetero) is 1. The fourth-order valence-corrected chi connectivity index (χ4v) is 7.40. The second-order valence-electron chi connectivity index (χ2n) is 10.1. The number of imide groups is 1. The molecule has 0 radical (unpaired) electrons. The lowest BCUT2D eigenvalue weighted by Crippen LogP contribution is -2.39. The Hall–Kier alpha value is -3.25. The van der Waals surface area contributed by atoms with Crippen LogP contribution in [0.1, 0.15) is 24.3 Å². The molecule has 3 aliphatic carbocycles. The Morgan fingerprint density at radius 3 is 2.25 bits per heavy atom. The molecule has 40 heavy (non-hydrogen) atoms. The maximum atomic E-state index is 14.0. The van der Waals surface area contributed by atoms with Crippen LogP contribution in [0.25, 0.3) is 0 Å². The molecule has 8 nitrogen and oxygen atoms in total. The van der Waals surface area contributed by atoms with Crippen molar-refractivity contribution in [1.82, 2.24) is 0 Å². The number of hydrogen-bond acceptors (Lipinski definition) is 7. The monoisotopic (exact) mass is 715 g/mol. The van der Waals surface area contributed by atoms with Gasteiger partial charge in [0.2, 0.25) is 11.8 Å². The number of fused-ring (bicyclic) bond motifs is 3. The maximum absolute atomic E-state index is 14.0. The molecular formula is C30H23BrINO7. The van der Waals surface area contributed by atoms with E-state index in [9.17, 15) is 24.3 Å². The number of anilines is 1. The van der Waals surface area contributed by atoms with Crippen molar-refractivity contribution in [3.8, 4) is 17.2 Å². The van der Waals surface area contributed by atoms with Crippen molar-refractivity contribution in [2.24, 2.45) is 17.8 Å². The molecule has 204 valence electrons. The van der Waals surface area contributed by atoms with Crippen molar-refractivity contribution < 1.29 is 33.8 Å². The number of hydrogen-bond donors (Lipinski definition) is 1. The summed E-state index contributed by atoms with van der Waals surface area (Å²) in [7, 11) is 2.89. The molecule has 4 atom stereocenters. The third-order valence-corrected chi connectivity index (χ3v) is 9.54. The minimum Gasteiger partial charge on any atom is -0.508 e. The van der Waals surface area contributed by atoms with E-state index < -0.39 is 23.7 Å². The smallest absolute Gasteiger partial charge is 0.238 e. The van der Waals surface area contributed by atoms with Crippen LogP contribution in [-0.4, -0.2) is 42.7 Å². The quantitative estimate of drug-likeness (QED) is 0.206. The van der Waals surface area contributed by atoms with Crippen molar-refractivity contribution >= 4 is 67.6 Å². The lowest BCUT2D eigenvalue weighted by Gasteiger charge is -2.42. The average molecular weight is 716 g/mol. The highest BCUT2D eigenvalue weighted by atomic mass is 127. The number of halogens is 2. The van der Waals surface area contributed by atoms with Gasteiger partial charge < -0.3 is 14.6 Å². The first-order valence-corrected chi connectivity index (χ1v) is 14.5. The van der Waals surface area contributed by atoms with E-state index in [1.807, 2.05) is 18.2 Å². The van der Waals surface area contributed by atoms with Crippen LogP contribution >= 0.6 is 38.5 Å². The fraction of sp³-hybridized carbons (Fsp3) is 0.267. The highest BCUT2D eigenvalue weighted by Gasteiger charge is 2.57. The molecule has 0 spiro atoms. The van der Waals surface area contributed by atoms with Gasteiger partial charge in [-0.25, -0.2) is 0 Å². The molecule has 1 N–H and O–H groups in total. The highest BCUT2D eigenvalue weighted by Crippen LogP contribution is 2.58. The Morgan fingerprint density at radius 1 is 0.975 bits per heavy atom. The Bertz CT molecular complexity index is 1580. The topological polar surface area (TPSA) is 110 Å². The minimum atomic E-state index is -0.774. The first kappa shape index (κ1) is 26.9. The number of aromatic hydroxyl groups is 1. The number of benzene rings is 2. The number of ketones is 2. The second kappa shape index (κ2) is 9.99.